The number of nitrogens with one attached hydrogen (secondary N) is 2. The van der Waals surface area contributed by atoms with Crippen LogP contribution < -0.4 is 10.9 Å². The molecule has 0 atom stereocenters. The molecule has 0 spiro atoms. The molecule has 0 bridgehead atoms. The van der Waals surface area contributed by atoms with Crippen molar-refractivity contribution in [2.45, 2.75) is 6.92 Å². The summed E-state index contributed by atoms with van der Waals surface area (Å²) in [5.41, 5.74) is 1.54. The first-order valence-electron chi connectivity index (χ1n) is 4.74. The van der Waals surface area contributed by atoms with Crippen LogP contribution in [0.2, 0.25) is 5.02 Å². The molecule has 1 heterocycles. The summed E-state index contributed by atoms with van der Waals surface area (Å²) in [6, 6.07) is 6.87. The van der Waals surface area contributed by atoms with Gasteiger partial charge in [0.1, 0.15) is 0 Å². The molecular formula is C11H10ClN3O. The fourth-order valence-corrected chi connectivity index (χ4v) is 1.48. The molecule has 16 heavy (non-hydrogen) atoms. The first kappa shape index (κ1) is 10.7. The summed E-state index contributed by atoms with van der Waals surface area (Å²) >= 11 is 5.98. The van der Waals surface area contributed by atoms with Crippen molar-refractivity contribution in [1.82, 2.24) is 9.97 Å². The average molecular weight is 236 g/mol. The van der Waals surface area contributed by atoms with Crippen LogP contribution in [-0.2, 0) is 0 Å². The van der Waals surface area contributed by atoms with Crippen LogP contribution in [0.5, 0.6) is 0 Å². The normalized spacial score (nSPS) is 10.1. The van der Waals surface area contributed by atoms with Gasteiger partial charge in [-0.15, -0.1) is 0 Å². The van der Waals surface area contributed by atoms with E-state index in [0.717, 1.165) is 11.3 Å². The molecule has 0 saturated heterocycles. The fourth-order valence-electron chi connectivity index (χ4n) is 1.30. The van der Waals surface area contributed by atoms with Gasteiger partial charge in [0, 0.05) is 23.0 Å². The molecule has 0 aliphatic heterocycles. The van der Waals surface area contributed by atoms with Crippen molar-refractivity contribution in [3.8, 4) is 0 Å². The topological polar surface area (TPSA) is 57.8 Å². The molecular weight excluding hydrogens is 226 g/mol. The van der Waals surface area contributed by atoms with Gasteiger partial charge in [0.15, 0.2) is 0 Å². The van der Waals surface area contributed by atoms with Crippen LogP contribution in [-0.4, -0.2) is 9.97 Å². The highest BCUT2D eigenvalue weighted by atomic mass is 35.5. The molecule has 82 valence electrons. The minimum absolute atomic E-state index is 0.197. The summed E-state index contributed by atoms with van der Waals surface area (Å²) in [4.78, 5) is 17.6. The fraction of sp³-hybridized carbons (Fsp3) is 0.0909. The Morgan fingerprint density at radius 1 is 1.38 bits per heavy atom. The number of H-pyrrole nitrogens is 1. The second-order valence-electron chi connectivity index (χ2n) is 3.32. The number of benzene rings is 1. The maximum Gasteiger partial charge on any atom is 0.252 e. The third kappa shape index (κ3) is 2.23. The van der Waals surface area contributed by atoms with Crippen LogP contribution in [0, 0.1) is 6.92 Å². The van der Waals surface area contributed by atoms with Crippen molar-refractivity contribution in [2.24, 2.45) is 0 Å². The van der Waals surface area contributed by atoms with Crippen LogP contribution in [0.25, 0.3) is 0 Å². The standard InChI is InChI=1S/C11H10ClN3O/c1-7-8(12)3-2-4-9(7)14-11-13-6-5-10(16)15-11/h2-6H,1H3,(H2,13,14,15,16). The lowest BCUT2D eigenvalue weighted by Gasteiger charge is -2.08. The van der Waals surface area contributed by atoms with Crippen molar-refractivity contribution >= 4 is 23.2 Å². The average Bonchev–Trinajstić information content (AvgIpc) is 2.25. The summed E-state index contributed by atoms with van der Waals surface area (Å²) in [6.45, 7) is 1.89. The summed E-state index contributed by atoms with van der Waals surface area (Å²) in [7, 11) is 0. The number of anilines is 2. The molecule has 0 radical (unpaired) electrons. The first-order chi connectivity index (χ1) is 7.66. The number of hydrogen-bond acceptors (Lipinski definition) is 3. The molecule has 2 aromatic rings. The Balaban J connectivity index is 2.34. The van der Waals surface area contributed by atoms with Gasteiger partial charge in [-0.1, -0.05) is 17.7 Å². The molecule has 0 amide bonds. The van der Waals surface area contributed by atoms with E-state index in [2.05, 4.69) is 15.3 Å². The highest BCUT2D eigenvalue weighted by Crippen LogP contribution is 2.24. The lowest BCUT2D eigenvalue weighted by molar-refractivity contribution is 1.12. The van der Waals surface area contributed by atoms with E-state index in [1.165, 1.54) is 12.3 Å². The lowest BCUT2D eigenvalue weighted by Crippen LogP contribution is -2.08. The molecule has 0 aliphatic carbocycles. The number of aromatic amines is 1. The Labute approximate surface area is 97.3 Å². The zero-order chi connectivity index (χ0) is 11.5. The highest BCUT2D eigenvalue weighted by molar-refractivity contribution is 6.31. The smallest absolute Gasteiger partial charge is 0.252 e. The first-order valence-corrected chi connectivity index (χ1v) is 5.12. The van der Waals surface area contributed by atoms with E-state index in [1.54, 1.807) is 0 Å². The quantitative estimate of drug-likeness (QED) is 0.841. The van der Waals surface area contributed by atoms with E-state index in [9.17, 15) is 4.79 Å². The van der Waals surface area contributed by atoms with Crippen LogP contribution >= 0.6 is 11.6 Å². The number of hydrogen-bond donors (Lipinski definition) is 2. The Kier molecular flexibility index (Phi) is 2.92. The minimum Gasteiger partial charge on any atom is -0.325 e. The number of nitrogens with zero attached hydrogens (tertiary/aromatic N) is 1. The van der Waals surface area contributed by atoms with Crippen molar-refractivity contribution in [3.63, 3.8) is 0 Å². The molecule has 0 saturated carbocycles. The zero-order valence-corrected chi connectivity index (χ0v) is 9.38. The van der Waals surface area contributed by atoms with Gasteiger partial charge < -0.3 is 5.32 Å². The zero-order valence-electron chi connectivity index (χ0n) is 8.62. The Bertz CT molecular complexity index is 565. The van der Waals surface area contributed by atoms with Crippen molar-refractivity contribution in [2.75, 3.05) is 5.32 Å². The van der Waals surface area contributed by atoms with Gasteiger partial charge in [-0.25, -0.2) is 4.98 Å². The third-order valence-corrected chi connectivity index (χ3v) is 2.60. The summed E-state index contributed by atoms with van der Waals surface area (Å²) in [6.07, 6.45) is 1.45. The Morgan fingerprint density at radius 3 is 2.94 bits per heavy atom. The van der Waals surface area contributed by atoms with Gasteiger partial charge in [0.25, 0.3) is 5.56 Å². The van der Waals surface area contributed by atoms with Gasteiger partial charge in [0.2, 0.25) is 5.95 Å². The Morgan fingerprint density at radius 2 is 2.19 bits per heavy atom. The predicted octanol–water partition coefficient (Wildman–Crippen LogP) is 2.48. The number of rotatable bonds is 2. The number of halogens is 1. The van der Waals surface area contributed by atoms with Gasteiger partial charge in [-0.05, 0) is 24.6 Å². The molecule has 0 unspecified atom stereocenters. The Hall–Kier alpha value is -1.81. The predicted molar refractivity (Wildman–Crippen MR) is 64.3 cm³/mol. The molecule has 5 heteroatoms. The molecule has 1 aromatic carbocycles. The van der Waals surface area contributed by atoms with E-state index in [4.69, 9.17) is 11.6 Å². The summed E-state index contributed by atoms with van der Waals surface area (Å²) < 4.78 is 0. The van der Waals surface area contributed by atoms with Gasteiger partial charge in [-0.2, -0.15) is 0 Å². The second kappa shape index (κ2) is 4.37. The monoisotopic (exact) mass is 235 g/mol. The maximum absolute atomic E-state index is 11.1. The molecule has 0 aliphatic rings. The lowest BCUT2D eigenvalue weighted by atomic mass is 10.2. The summed E-state index contributed by atoms with van der Waals surface area (Å²) in [5, 5.41) is 3.67. The van der Waals surface area contributed by atoms with Crippen LogP contribution in [0.1, 0.15) is 5.56 Å². The molecule has 0 fully saturated rings. The minimum atomic E-state index is -0.197. The van der Waals surface area contributed by atoms with E-state index >= 15 is 0 Å². The maximum atomic E-state index is 11.1. The van der Waals surface area contributed by atoms with Gasteiger partial charge in [-0.3, -0.25) is 9.78 Å². The summed E-state index contributed by atoms with van der Waals surface area (Å²) in [5.74, 6) is 0.401. The van der Waals surface area contributed by atoms with Gasteiger partial charge in [0.05, 0.1) is 0 Å². The molecule has 2 N–H and O–H groups in total. The van der Waals surface area contributed by atoms with E-state index in [1.807, 2.05) is 25.1 Å². The highest BCUT2D eigenvalue weighted by Gasteiger charge is 2.02. The number of aromatic nitrogens is 2. The van der Waals surface area contributed by atoms with Crippen LogP contribution in [0.15, 0.2) is 35.3 Å². The third-order valence-electron chi connectivity index (χ3n) is 2.19. The molecule has 4 nitrogen and oxygen atoms in total. The van der Waals surface area contributed by atoms with E-state index in [-0.39, 0.29) is 5.56 Å². The molecule has 1 aromatic heterocycles. The van der Waals surface area contributed by atoms with E-state index < -0.39 is 0 Å². The van der Waals surface area contributed by atoms with Gasteiger partial charge >= 0.3 is 0 Å². The largest absolute Gasteiger partial charge is 0.325 e. The van der Waals surface area contributed by atoms with Crippen LogP contribution in [0.4, 0.5) is 11.6 Å². The van der Waals surface area contributed by atoms with Crippen molar-refractivity contribution < 1.29 is 0 Å². The van der Waals surface area contributed by atoms with Crippen LogP contribution in [0.3, 0.4) is 0 Å². The second-order valence-corrected chi connectivity index (χ2v) is 3.73. The SMILES string of the molecule is Cc1c(Cl)cccc1Nc1nccc(=O)[nH]1. The van der Waals surface area contributed by atoms with E-state index in [0.29, 0.717) is 11.0 Å². The molecule has 2 rings (SSSR count). The van der Waals surface area contributed by atoms with Crippen molar-refractivity contribution in [1.29, 1.82) is 0 Å². The van der Waals surface area contributed by atoms with Crippen molar-refractivity contribution in [3.05, 3.63) is 51.4 Å².